The number of ether oxygens (including phenoxy) is 2. The second-order valence-electron chi connectivity index (χ2n) is 4.53. The van der Waals surface area contributed by atoms with E-state index >= 15 is 0 Å². The van der Waals surface area contributed by atoms with Crippen LogP contribution in [0, 0.1) is 0 Å². The highest BCUT2D eigenvalue weighted by molar-refractivity contribution is 7.99. The standard InChI is InChI=1S/C16H19N3O3S/c1-4-9-19-15(12-7-6-8-13(10-12)21-3)17-18-16(19)23-11-14(20)22-5-2/h4,6-8,10H,1,5,9,11H2,2-3H3. The zero-order chi connectivity index (χ0) is 16.7. The van der Waals surface area contributed by atoms with Gasteiger partial charge in [0.15, 0.2) is 11.0 Å². The van der Waals surface area contributed by atoms with Gasteiger partial charge in [-0.2, -0.15) is 0 Å². The molecule has 122 valence electrons. The molecule has 0 fully saturated rings. The SMILES string of the molecule is C=CCn1c(SCC(=O)OCC)nnc1-c1cccc(OC)c1. The Kier molecular flexibility index (Phi) is 6.22. The first-order valence-corrected chi connectivity index (χ1v) is 8.15. The smallest absolute Gasteiger partial charge is 0.316 e. The van der Waals surface area contributed by atoms with Crippen LogP contribution in [0.25, 0.3) is 11.4 Å². The molecule has 0 bridgehead atoms. The molecule has 0 aliphatic heterocycles. The average molecular weight is 333 g/mol. The molecule has 0 aliphatic rings. The van der Waals surface area contributed by atoms with Crippen molar-refractivity contribution in [3.63, 3.8) is 0 Å². The van der Waals surface area contributed by atoms with E-state index in [2.05, 4.69) is 16.8 Å². The van der Waals surface area contributed by atoms with E-state index in [0.717, 1.165) is 11.3 Å². The first-order chi connectivity index (χ1) is 11.2. The van der Waals surface area contributed by atoms with Gasteiger partial charge in [-0.15, -0.1) is 16.8 Å². The van der Waals surface area contributed by atoms with E-state index in [9.17, 15) is 4.79 Å². The molecule has 1 heterocycles. The molecule has 23 heavy (non-hydrogen) atoms. The molecule has 0 atom stereocenters. The molecular formula is C16H19N3O3S. The van der Waals surface area contributed by atoms with Crippen LogP contribution in [-0.4, -0.2) is 40.2 Å². The number of methoxy groups -OCH3 is 1. The minimum atomic E-state index is -0.270. The van der Waals surface area contributed by atoms with E-state index in [-0.39, 0.29) is 11.7 Å². The lowest BCUT2D eigenvalue weighted by Crippen LogP contribution is -2.08. The van der Waals surface area contributed by atoms with Crippen molar-refractivity contribution in [1.82, 2.24) is 14.8 Å². The highest BCUT2D eigenvalue weighted by Gasteiger charge is 2.15. The summed E-state index contributed by atoms with van der Waals surface area (Å²) in [5.74, 6) is 1.38. The van der Waals surface area contributed by atoms with Crippen molar-refractivity contribution >= 4 is 17.7 Å². The summed E-state index contributed by atoms with van der Waals surface area (Å²) in [7, 11) is 1.62. The third kappa shape index (κ3) is 4.35. The number of allylic oxidation sites excluding steroid dienone is 1. The predicted molar refractivity (Wildman–Crippen MR) is 89.6 cm³/mol. The normalized spacial score (nSPS) is 10.3. The third-order valence-corrected chi connectivity index (χ3v) is 3.92. The number of nitrogens with zero attached hydrogens (tertiary/aromatic N) is 3. The van der Waals surface area contributed by atoms with Gasteiger partial charge in [-0.3, -0.25) is 9.36 Å². The van der Waals surface area contributed by atoms with E-state index < -0.39 is 0 Å². The van der Waals surface area contributed by atoms with E-state index in [0.29, 0.717) is 24.1 Å². The van der Waals surface area contributed by atoms with Gasteiger partial charge in [-0.05, 0) is 19.1 Å². The highest BCUT2D eigenvalue weighted by atomic mass is 32.2. The maximum Gasteiger partial charge on any atom is 0.316 e. The molecule has 0 radical (unpaired) electrons. The zero-order valence-corrected chi connectivity index (χ0v) is 14.0. The van der Waals surface area contributed by atoms with Crippen LogP contribution >= 0.6 is 11.8 Å². The third-order valence-electron chi connectivity index (χ3n) is 2.98. The van der Waals surface area contributed by atoms with Crippen LogP contribution in [0.15, 0.2) is 42.1 Å². The van der Waals surface area contributed by atoms with Crippen molar-refractivity contribution in [3.8, 4) is 17.1 Å². The molecule has 2 rings (SSSR count). The van der Waals surface area contributed by atoms with Gasteiger partial charge in [0.1, 0.15) is 5.75 Å². The fourth-order valence-corrected chi connectivity index (χ4v) is 2.74. The zero-order valence-electron chi connectivity index (χ0n) is 13.2. The molecule has 7 heteroatoms. The average Bonchev–Trinajstić information content (AvgIpc) is 2.96. The number of esters is 1. The molecule has 0 saturated heterocycles. The molecule has 0 aliphatic carbocycles. The molecule has 2 aromatic rings. The summed E-state index contributed by atoms with van der Waals surface area (Å²) >= 11 is 1.30. The van der Waals surface area contributed by atoms with Crippen molar-refractivity contribution < 1.29 is 14.3 Å². The van der Waals surface area contributed by atoms with Crippen molar-refractivity contribution in [2.45, 2.75) is 18.6 Å². The fourth-order valence-electron chi connectivity index (χ4n) is 1.99. The van der Waals surface area contributed by atoms with Crippen LogP contribution in [0.4, 0.5) is 0 Å². The van der Waals surface area contributed by atoms with Crippen LogP contribution in [0.1, 0.15) is 6.92 Å². The molecular weight excluding hydrogens is 314 g/mol. The monoisotopic (exact) mass is 333 g/mol. The van der Waals surface area contributed by atoms with Gasteiger partial charge in [0.2, 0.25) is 0 Å². The summed E-state index contributed by atoms with van der Waals surface area (Å²) in [6.07, 6.45) is 1.77. The number of carbonyl (C=O) groups excluding carboxylic acids is 1. The van der Waals surface area contributed by atoms with Crippen LogP contribution < -0.4 is 4.74 Å². The summed E-state index contributed by atoms with van der Waals surface area (Å²) in [6, 6.07) is 7.59. The quantitative estimate of drug-likeness (QED) is 0.420. The van der Waals surface area contributed by atoms with Crippen molar-refractivity contribution in [2.24, 2.45) is 0 Å². The van der Waals surface area contributed by atoms with E-state index in [1.807, 2.05) is 28.8 Å². The van der Waals surface area contributed by atoms with Crippen molar-refractivity contribution in [2.75, 3.05) is 19.5 Å². The number of thioether (sulfide) groups is 1. The number of aromatic nitrogens is 3. The van der Waals surface area contributed by atoms with Gasteiger partial charge in [0, 0.05) is 12.1 Å². The number of carbonyl (C=O) groups is 1. The van der Waals surface area contributed by atoms with Crippen LogP contribution in [-0.2, 0) is 16.1 Å². The Bertz CT molecular complexity index is 685. The molecule has 1 aromatic carbocycles. The summed E-state index contributed by atoms with van der Waals surface area (Å²) in [6.45, 7) is 6.46. The predicted octanol–water partition coefficient (Wildman–Crippen LogP) is 2.79. The molecule has 6 nitrogen and oxygen atoms in total. The Balaban J connectivity index is 2.26. The van der Waals surface area contributed by atoms with Gasteiger partial charge < -0.3 is 9.47 Å². The highest BCUT2D eigenvalue weighted by Crippen LogP contribution is 2.26. The summed E-state index contributed by atoms with van der Waals surface area (Å²) < 4.78 is 12.1. The topological polar surface area (TPSA) is 66.2 Å². The molecule has 0 amide bonds. The second-order valence-corrected chi connectivity index (χ2v) is 5.47. The lowest BCUT2D eigenvalue weighted by Gasteiger charge is -2.08. The summed E-state index contributed by atoms with van der Waals surface area (Å²) in [4.78, 5) is 11.5. The van der Waals surface area contributed by atoms with Crippen molar-refractivity contribution in [1.29, 1.82) is 0 Å². The molecule has 0 unspecified atom stereocenters. The molecule has 0 spiro atoms. The Labute approximate surface area is 139 Å². The fraction of sp³-hybridized carbons (Fsp3) is 0.312. The first-order valence-electron chi connectivity index (χ1n) is 7.16. The minimum absolute atomic E-state index is 0.196. The lowest BCUT2D eigenvalue weighted by atomic mass is 10.2. The largest absolute Gasteiger partial charge is 0.497 e. The Morgan fingerprint density at radius 1 is 1.43 bits per heavy atom. The van der Waals surface area contributed by atoms with Crippen LogP contribution in [0.3, 0.4) is 0 Å². The number of benzene rings is 1. The summed E-state index contributed by atoms with van der Waals surface area (Å²) in [5, 5.41) is 9.07. The lowest BCUT2D eigenvalue weighted by molar-refractivity contribution is -0.139. The minimum Gasteiger partial charge on any atom is -0.497 e. The van der Waals surface area contributed by atoms with Crippen LogP contribution in [0.2, 0.25) is 0 Å². The maximum absolute atomic E-state index is 11.5. The van der Waals surface area contributed by atoms with Gasteiger partial charge in [0.05, 0.1) is 19.5 Å². The molecule has 0 N–H and O–H groups in total. The number of hydrogen-bond donors (Lipinski definition) is 0. The number of rotatable bonds is 8. The van der Waals surface area contributed by atoms with E-state index in [1.54, 1.807) is 20.1 Å². The second kappa shape index (κ2) is 8.38. The van der Waals surface area contributed by atoms with Gasteiger partial charge in [0.25, 0.3) is 0 Å². The van der Waals surface area contributed by atoms with Gasteiger partial charge in [-0.1, -0.05) is 30.0 Å². The van der Waals surface area contributed by atoms with E-state index in [4.69, 9.17) is 9.47 Å². The Hall–Kier alpha value is -2.28. The van der Waals surface area contributed by atoms with Crippen molar-refractivity contribution in [3.05, 3.63) is 36.9 Å². The first kappa shape index (κ1) is 17.1. The van der Waals surface area contributed by atoms with Crippen LogP contribution in [0.5, 0.6) is 5.75 Å². The van der Waals surface area contributed by atoms with Gasteiger partial charge in [-0.25, -0.2) is 0 Å². The Morgan fingerprint density at radius 2 is 2.26 bits per heavy atom. The van der Waals surface area contributed by atoms with E-state index in [1.165, 1.54) is 11.8 Å². The maximum atomic E-state index is 11.5. The Morgan fingerprint density at radius 3 is 2.96 bits per heavy atom. The molecule has 0 saturated carbocycles. The summed E-state index contributed by atoms with van der Waals surface area (Å²) in [5.41, 5.74) is 0.890. The van der Waals surface area contributed by atoms with Gasteiger partial charge >= 0.3 is 5.97 Å². The number of hydrogen-bond acceptors (Lipinski definition) is 6. The molecule has 1 aromatic heterocycles.